The topological polar surface area (TPSA) is 72.2 Å². The van der Waals surface area contributed by atoms with E-state index in [1.807, 2.05) is 6.26 Å². The Hall–Kier alpha value is -0.720. The Morgan fingerprint density at radius 2 is 1.90 bits per heavy atom. The Labute approximate surface area is 126 Å². The number of rotatable bonds is 7. The van der Waals surface area contributed by atoms with Crippen LogP contribution in [0, 0.1) is 6.92 Å². The molecule has 0 heterocycles. The normalized spacial score (nSPS) is 12.6. The van der Waals surface area contributed by atoms with E-state index in [1.54, 1.807) is 36.9 Å². The van der Waals surface area contributed by atoms with Gasteiger partial charge in [-0.25, -0.2) is 13.1 Å². The molecule has 0 aliphatic rings. The second-order valence-corrected chi connectivity index (χ2v) is 7.90. The molecule has 0 amide bonds. The van der Waals surface area contributed by atoms with Gasteiger partial charge in [0, 0.05) is 17.0 Å². The summed E-state index contributed by atoms with van der Waals surface area (Å²) >= 11 is 1.71. The van der Waals surface area contributed by atoms with E-state index in [2.05, 4.69) is 18.6 Å². The van der Waals surface area contributed by atoms with Crippen molar-refractivity contribution in [3.8, 4) is 0 Å². The molecule has 0 fully saturated rings. The second kappa shape index (κ2) is 6.83. The number of nitrogen functional groups attached to an aromatic ring is 1. The zero-order chi connectivity index (χ0) is 15.4. The van der Waals surface area contributed by atoms with Crippen molar-refractivity contribution in [2.75, 3.05) is 18.5 Å². The van der Waals surface area contributed by atoms with Crippen LogP contribution >= 0.6 is 11.8 Å². The molecule has 114 valence electrons. The van der Waals surface area contributed by atoms with Gasteiger partial charge in [0.15, 0.2) is 0 Å². The maximum atomic E-state index is 12.4. The number of anilines is 1. The van der Waals surface area contributed by atoms with Crippen LogP contribution in [0.25, 0.3) is 0 Å². The average molecular weight is 316 g/mol. The van der Waals surface area contributed by atoms with Crippen molar-refractivity contribution in [3.63, 3.8) is 0 Å². The molecule has 0 unspecified atom stereocenters. The Morgan fingerprint density at radius 3 is 2.40 bits per heavy atom. The number of thioether (sulfide) groups is 1. The highest BCUT2D eigenvalue weighted by Crippen LogP contribution is 2.30. The van der Waals surface area contributed by atoms with Crippen LogP contribution in [0.3, 0.4) is 0 Å². The highest BCUT2D eigenvalue weighted by atomic mass is 32.2. The number of hydrogen-bond donors (Lipinski definition) is 2. The number of nitrogens with one attached hydrogen (secondary N) is 1. The molecule has 0 atom stereocenters. The van der Waals surface area contributed by atoms with Crippen LogP contribution in [0.2, 0.25) is 0 Å². The lowest BCUT2D eigenvalue weighted by Gasteiger charge is -2.29. The lowest BCUT2D eigenvalue weighted by Crippen LogP contribution is -2.39. The molecular weight excluding hydrogens is 292 g/mol. The summed E-state index contributed by atoms with van der Waals surface area (Å²) < 4.78 is 27.5. The van der Waals surface area contributed by atoms with Gasteiger partial charge in [0.1, 0.15) is 0 Å². The van der Waals surface area contributed by atoms with Crippen molar-refractivity contribution in [1.82, 2.24) is 4.72 Å². The van der Waals surface area contributed by atoms with E-state index in [9.17, 15) is 8.42 Å². The van der Waals surface area contributed by atoms with Gasteiger partial charge in [-0.05, 0) is 43.7 Å². The quantitative estimate of drug-likeness (QED) is 0.759. The maximum absolute atomic E-state index is 12.4. The molecule has 0 aliphatic heterocycles. The van der Waals surface area contributed by atoms with Gasteiger partial charge in [0.25, 0.3) is 0 Å². The molecule has 0 bridgehead atoms. The Kier molecular flexibility index (Phi) is 5.91. The van der Waals surface area contributed by atoms with Crippen LogP contribution in [0.4, 0.5) is 5.69 Å². The highest BCUT2D eigenvalue weighted by Gasteiger charge is 2.28. The molecule has 0 radical (unpaired) electrons. The summed E-state index contributed by atoms with van der Waals surface area (Å²) in [6.07, 6.45) is 3.86. The first kappa shape index (κ1) is 17.3. The summed E-state index contributed by atoms with van der Waals surface area (Å²) in [7, 11) is -3.52. The predicted molar refractivity (Wildman–Crippen MR) is 87.6 cm³/mol. The summed E-state index contributed by atoms with van der Waals surface area (Å²) in [5, 5.41) is 0. The third-order valence-electron chi connectivity index (χ3n) is 3.92. The second-order valence-electron chi connectivity index (χ2n) is 4.89. The molecule has 0 saturated carbocycles. The van der Waals surface area contributed by atoms with Crippen LogP contribution in [0.1, 0.15) is 32.3 Å². The lowest BCUT2D eigenvalue weighted by atomic mass is 10.0. The molecule has 0 aliphatic carbocycles. The van der Waals surface area contributed by atoms with Crippen LogP contribution < -0.4 is 10.5 Å². The zero-order valence-corrected chi connectivity index (χ0v) is 14.2. The maximum Gasteiger partial charge on any atom is 0.240 e. The van der Waals surface area contributed by atoms with Gasteiger partial charge in [-0.15, -0.1) is 0 Å². The molecule has 0 saturated heterocycles. The van der Waals surface area contributed by atoms with Gasteiger partial charge in [-0.2, -0.15) is 11.8 Å². The Bertz CT molecular complexity index is 544. The van der Waals surface area contributed by atoms with Crippen molar-refractivity contribution in [2.24, 2.45) is 0 Å². The van der Waals surface area contributed by atoms with E-state index in [1.165, 1.54) is 0 Å². The molecule has 20 heavy (non-hydrogen) atoms. The van der Waals surface area contributed by atoms with E-state index >= 15 is 0 Å². The number of benzene rings is 1. The van der Waals surface area contributed by atoms with E-state index in [0.29, 0.717) is 17.8 Å². The van der Waals surface area contributed by atoms with Crippen LogP contribution in [-0.2, 0) is 10.0 Å². The molecular formula is C14H24N2O2S2. The van der Waals surface area contributed by atoms with Crippen LogP contribution in [0.15, 0.2) is 23.1 Å². The van der Waals surface area contributed by atoms with Crippen molar-refractivity contribution < 1.29 is 8.42 Å². The van der Waals surface area contributed by atoms with Gasteiger partial charge in [-0.1, -0.05) is 19.9 Å². The average Bonchev–Trinajstić information content (AvgIpc) is 2.44. The third kappa shape index (κ3) is 3.68. The van der Waals surface area contributed by atoms with Gasteiger partial charge in [0.2, 0.25) is 10.0 Å². The smallest absolute Gasteiger partial charge is 0.240 e. The number of sulfonamides is 1. The van der Waals surface area contributed by atoms with Crippen molar-refractivity contribution in [3.05, 3.63) is 23.8 Å². The van der Waals surface area contributed by atoms with Gasteiger partial charge < -0.3 is 5.73 Å². The first-order valence-electron chi connectivity index (χ1n) is 6.72. The summed E-state index contributed by atoms with van der Waals surface area (Å²) in [6.45, 7) is 6.32. The lowest BCUT2D eigenvalue weighted by molar-refractivity contribution is 0.522. The molecule has 3 N–H and O–H groups in total. The Morgan fingerprint density at radius 1 is 1.30 bits per heavy atom. The fourth-order valence-corrected chi connectivity index (χ4v) is 4.37. The molecule has 1 rings (SSSR count). The first-order chi connectivity index (χ1) is 9.32. The molecule has 6 heteroatoms. The molecule has 0 aromatic heterocycles. The summed E-state index contributed by atoms with van der Waals surface area (Å²) in [5.41, 5.74) is 6.88. The minimum absolute atomic E-state index is 0.0543. The standard InChI is InChI=1S/C14H24N2O2S2/c1-5-14(6-2,19-4)10-16-20(17,18)13-9-7-8-12(15)11(13)3/h7-9,16H,5-6,10,15H2,1-4H3. The highest BCUT2D eigenvalue weighted by molar-refractivity contribution is 8.00. The largest absolute Gasteiger partial charge is 0.398 e. The minimum Gasteiger partial charge on any atom is -0.398 e. The van der Waals surface area contributed by atoms with Crippen LogP contribution in [-0.4, -0.2) is 26.0 Å². The minimum atomic E-state index is -3.52. The molecule has 1 aromatic carbocycles. The van der Waals surface area contributed by atoms with Crippen molar-refractivity contribution >= 4 is 27.5 Å². The first-order valence-corrected chi connectivity index (χ1v) is 9.42. The molecule has 0 spiro atoms. The third-order valence-corrected chi connectivity index (χ3v) is 7.05. The SMILES string of the molecule is CCC(CC)(CNS(=O)(=O)c1cccc(N)c1C)SC. The summed E-state index contributed by atoms with van der Waals surface area (Å²) in [6, 6.07) is 4.96. The fourth-order valence-electron chi connectivity index (χ4n) is 2.09. The fraction of sp³-hybridized carbons (Fsp3) is 0.571. The monoisotopic (exact) mass is 316 g/mol. The van der Waals surface area contributed by atoms with E-state index in [0.717, 1.165) is 12.8 Å². The zero-order valence-electron chi connectivity index (χ0n) is 12.6. The summed E-state index contributed by atoms with van der Waals surface area (Å²) in [4.78, 5) is 0.264. The van der Waals surface area contributed by atoms with Gasteiger partial charge in [0.05, 0.1) is 4.90 Å². The van der Waals surface area contributed by atoms with E-state index < -0.39 is 10.0 Å². The Balaban J connectivity index is 2.99. The van der Waals surface area contributed by atoms with Crippen molar-refractivity contribution in [1.29, 1.82) is 0 Å². The number of nitrogens with two attached hydrogens (primary N) is 1. The van der Waals surface area contributed by atoms with Crippen LogP contribution in [0.5, 0.6) is 0 Å². The van der Waals surface area contributed by atoms with Gasteiger partial charge in [-0.3, -0.25) is 0 Å². The molecule has 4 nitrogen and oxygen atoms in total. The van der Waals surface area contributed by atoms with Gasteiger partial charge >= 0.3 is 0 Å². The molecule has 1 aromatic rings. The predicted octanol–water partition coefficient (Wildman–Crippen LogP) is 2.78. The van der Waals surface area contributed by atoms with E-state index in [-0.39, 0.29) is 9.64 Å². The summed E-state index contributed by atoms with van der Waals surface area (Å²) in [5.74, 6) is 0. The van der Waals surface area contributed by atoms with E-state index in [4.69, 9.17) is 5.73 Å². The number of hydrogen-bond acceptors (Lipinski definition) is 4. The van der Waals surface area contributed by atoms with Crippen molar-refractivity contribution in [2.45, 2.75) is 43.3 Å².